The van der Waals surface area contributed by atoms with Gasteiger partial charge >= 0.3 is 0 Å². The summed E-state index contributed by atoms with van der Waals surface area (Å²) in [5.41, 5.74) is 3.89. The molecule has 0 atom stereocenters. The topological polar surface area (TPSA) is 71.0 Å². The van der Waals surface area contributed by atoms with Crippen LogP contribution in [-0.4, -0.2) is 27.4 Å². The lowest BCUT2D eigenvalue weighted by atomic mass is 9.83. The summed E-state index contributed by atoms with van der Waals surface area (Å²) in [7, 11) is 0. The van der Waals surface area contributed by atoms with Gasteiger partial charge in [0.15, 0.2) is 0 Å². The summed E-state index contributed by atoms with van der Waals surface area (Å²) < 4.78 is 0. The highest BCUT2D eigenvalue weighted by Gasteiger charge is 2.22. The standard InChI is InChI=1S/C25H26ClN5O/c26-21-16-28-25(29-22-15-20(11-12-27-22)31-13-5-10-23(31)32)30-24(21)19-9-4-8-18(14-19)17-6-2-1-3-7-17/h4,8-9,11-12,14-17H,1-3,5-7,10,13H2,(H,27,28,29,30). The Morgan fingerprint density at radius 2 is 1.91 bits per heavy atom. The van der Waals surface area contributed by atoms with E-state index in [2.05, 4.69) is 33.5 Å². The third kappa shape index (κ3) is 4.46. The van der Waals surface area contributed by atoms with Gasteiger partial charge in [0.1, 0.15) is 5.82 Å². The smallest absolute Gasteiger partial charge is 0.228 e. The minimum atomic E-state index is 0.144. The SMILES string of the molecule is O=C1CCCN1c1ccnc(Nc2ncc(Cl)c(-c3cccc(C4CCCCC4)c3)n2)c1. The number of hydrogen-bond donors (Lipinski definition) is 1. The largest absolute Gasteiger partial charge is 0.312 e. The first kappa shape index (κ1) is 20.9. The zero-order valence-corrected chi connectivity index (χ0v) is 18.7. The molecule has 0 spiro atoms. The van der Waals surface area contributed by atoms with E-state index in [1.165, 1.54) is 37.7 Å². The summed E-state index contributed by atoms with van der Waals surface area (Å²) >= 11 is 6.49. The molecule has 2 aliphatic rings. The molecule has 2 aromatic heterocycles. The molecule has 1 amide bonds. The monoisotopic (exact) mass is 447 g/mol. The Morgan fingerprint density at radius 3 is 2.72 bits per heavy atom. The van der Waals surface area contributed by atoms with Crippen LogP contribution in [0.4, 0.5) is 17.5 Å². The molecule has 1 aliphatic carbocycles. The minimum Gasteiger partial charge on any atom is -0.312 e. The van der Waals surface area contributed by atoms with Gasteiger partial charge in [-0.3, -0.25) is 4.79 Å². The van der Waals surface area contributed by atoms with Crippen LogP contribution in [-0.2, 0) is 4.79 Å². The first-order valence-corrected chi connectivity index (χ1v) is 11.7. The maximum absolute atomic E-state index is 12.1. The van der Waals surface area contributed by atoms with E-state index >= 15 is 0 Å². The molecule has 7 heteroatoms. The molecule has 0 bridgehead atoms. The molecule has 1 saturated heterocycles. The lowest BCUT2D eigenvalue weighted by molar-refractivity contribution is -0.117. The van der Waals surface area contributed by atoms with Gasteiger partial charge in [-0.15, -0.1) is 0 Å². The van der Waals surface area contributed by atoms with Crippen LogP contribution >= 0.6 is 11.6 Å². The average Bonchev–Trinajstić information content (AvgIpc) is 3.27. The van der Waals surface area contributed by atoms with Crippen LogP contribution in [0.15, 0.2) is 48.8 Å². The lowest BCUT2D eigenvalue weighted by Crippen LogP contribution is -2.23. The quantitative estimate of drug-likeness (QED) is 0.510. The third-order valence-electron chi connectivity index (χ3n) is 6.35. The highest BCUT2D eigenvalue weighted by Crippen LogP contribution is 2.35. The van der Waals surface area contributed by atoms with Crippen molar-refractivity contribution in [2.24, 2.45) is 0 Å². The van der Waals surface area contributed by atoms with Crippen molar-refractivity contribution < 1.29 is 4.79 Å². The van der Waals surface area contributed by atoms with Crippen LogP contribution in [0, 0.1) is 0 Å². The van der Waals surface area contributed by atoms with Gasteiger partial charge in [0, 0.05) is 36.5 Å². The zero-order chi connectivity index (χ0) is 21.9. The molecule has 0 unspecified atom stereocenters. The van der Waals surface area contributed by atoms with Crippen molar-refractivity contribution in [3.05, 3.63) is 59.4 Å². The number of amides is 1. The van der Waals surface area contributed by atoms with Gasteiger partial charge < -0.3 is 10.2 Å². The van der Waals surface area contributed by atoms with Crippen molar-refractivity contribution in [1.82, 2.24) is 15.0 Å². The fourth-order valence-corrected chi connectivity index (χ4v) is 4.90. The third-order valence-corrected chi connectivity index (χ3v) is 6.63. The number of pyridine rings is 1. The van der Waals surface area contributed by atoms with E-state index in [9.17, 15) is 4.79 Å². The lowest BCUT2D eigenvalue weighted by Gasteiger charge is -2.22. The molecule has 1 aliphatic heterocycles. The average molecular weight is 448 g/mol. The van der Waals surface area contributed by atoms with E-state index in [0.29, 0.717) is 34.8 Å². The van der Waals surface area contributed by atoms with E-state index in [-0.39, 0.29) is 5.91 Å². The van der Waals surface area contributed by atoms with Gasteiger partial charge in [-0.05, 0) is 42.9 Å². The molecule has 1 aromatic carbocycles. The number of benzene rings is 1. The number of carbonyl (C=O) groups excluding carboxylic acids is 1. The van der Waals surface area contributed by atoms with Gasteiger partial charge in [-0.2, -0.15) is 0 Å². The number of carbonyl (C=O) groups is 1. The van der Waals surface area contributed by atoms with Crippen molar-refractivity contribution in [3.8, 4) is 11.3 Å². The van der Waals surface area contributed by atoms with Gasteiger partial charge in [-0.1, -0.05) is 49.1 Å². The molecule has 3 aromatic rings. The minimum absolute atomic E-state index is 0.144. The molecular formula is C25H26ClN5O. The van der Waals surface area contributed by atoms with Crippen molar-refractivity contribution >= 4 is 35.0 Å². The fourth-order valence-electron chi connectivity index (χ4n) is 4.70. The maximum Gasteiger partial charge on any atom is 0.228 e. The summed E-state index contributed by atoms with van der Waals surface area (Å²) in [4.78, 5) is 27.3. The number of aromatic nitrogens is 3. The Bertz CT molecular complexity index is 1130. The highest BCUT2D eigenvalue weighted by molar-refractivity contribution is 6.32. The van der Waals surface area contributed by atoms with Crippen LogP contribution in [0.2, 0.25) is 5.02 Å². The first-order valence-electron chi connectivity index (χ1n) is 11.3. The van der Waals surface area contributed by atoms with E-state index in [1.807, 2.05) is 18.2 Å². The van der Waals surface area contributed by atoms with E-state index < -0.39 is 0 Å². The zero-order valence-electron chi connectivity index (χ0n) is 17.9. The number of anilines is 3. The predicted molar refractivity (Wildman–Crippen MR) is 127 cm³/mol. The summed E-state index contributed by atoms with van der Waals surface area (Å²) in [6.07, 6.45) is 11.2. The molecule has 32 heavy (non-hydrogen) atoms. The molecule has 3 heterocycles. The maximum atomic E-state index is 12.1. The Labute approximate surface area is 193 Å². The Hall–Kier alpha value is -2.99. The number of nitrogens with one attached hydrogen (secondary N) is 1. The number of halogens is 1. The second-order valence-electron chi connectivity index (χ2n) is 8.52. The van der Waals surface area contributed by atoms with Gasteiger partial charge in [0.2, 0.25) is 11.9 Å². The normalized spacial score (nSPS) is 17.0. The Kier molecular flexibility index (Phi) is 6.04. The number of hydrogen-bond acceptors (Lipinski definition) is 5. The van der Waals surface area contributed by atoms with Crippen LogP contribution in [0.1, 0.15) is 56.4 Å². The summed E-state index contributed by atoms with van der Waals surface area (Å²) in [5, 5.41) is 3.68. The summed E-state index contributed by atoms with van der Waals surface area (Å²) in [6.45, 7) is 0.737. The number of rotatable bonds is 5. The molecule has 0 radical (unpaired) electrons. The van der Waals surface area contributed by atoms with E-state index in [4.69, 9.17) is 16.6 Å². The fraction of sp³-hybridized carbons (Fsp3) is 0.360. The Balaban J connectivity index is 1.40. The summed E-state index contributed by atoms with van der Waals surface area (Å²) in [6, 6.07) is 12.3. The molecule has 1 saturated carbocycles. The van der Waals surface area contributed by atoms with Crippen molar-refractivity contribution in [2.45, 2.75) is 50.9 Å². The van der Waals surface area contributed by atoms with E-state index in [0.717, 1.165) is 24.2 Å². The second kappa shape index (κ2) is 9.25. The molecule has 2 fully saturated rings. The molecule has 164 valence electrons. The van der Waals surface area contributed by atoms with Crippen molar-refractivity contribution in [3.63, 3.8) is 0 Å². The summed E-state index contributed by atoms with van der Waals surface area (Å²) in [5.74, 6) is 1.77. The molecule has 6 nitrogen and oxygen atoms in total. The van der Waals surface area contributed by atoms with Crippen LogP contribution in [0.3, 0.4) is 0 Å². The number of nitrogens with zero attached hydrogens (tertiary/aromatic N) is 4. The Morgan fingerprint density at radius 1 is 1.03 bits per heavy atom. The van der Waals surface area contributed by atoms with Crippen molar-refractivity contribution in [1.29, 1.82) is 0 Å². The first-order chi connectivity index (χ1) is 15.7. The molecular weight excluding hydrogens is 422 g/mol. The molecule has 1 N–H and O–H groups in total. The predicted octanol–water partition coefficient (Wildman–Crippen LogP) is 6.11. The van der Waals surface area contributed by atoms with Gasteiger partial charge in [-0.25, -0.2) is 15.0 Å². The highest BCUT2D eigenvalue weighted by atomic mass is 35.5. The van der Waals surface area contributed by atoms with Crippen LogP contribution < -0.4 is 10.2 Å². The second-order valence-corrected chi connectivity index (χ2v) is 8.93. The van der Waals surface area contributed by atoms with Crippen LogP contribution in [0.5, 0.6) is 0 Å². The molecule has 5 rings (SSSR count). The van der Waals surface area contributed by atoms with E-state index in [1.54, 1.807) is 17.3 Å². The van der Waals surface area contributed by atoms with Gasteiger partial charge in [0.25, 0.3) is 0 Å². The van der Waals surface area contributed by atoms with Crippen LogP contribution in [0.25, 0.3) is 11.3 Å². The van der Waals surface area contributed by atoms with Crippen molar-refractivity contribution in [2.75, 3.05) is 16.8 Å². The van der Waals surface area contributed by atoms with Gasteiger partial charge in [0.05, 0.1) is 16.9 Å².